The fraction of sp³-hybridized carbons (Fsp3) is 0.444. The topological polar surface area (TPSA) is 125 Å². The standard InChI is InChI=1S/C18H24N2O7S/c1-26-14-11-13(6-7-17(22)23)12-15(18(14)27-2)28(24,25)19-8-4-10-20-9-3-5-16(20)21/h6-7,11-12,19H,3-5,8-10H2,1-2H3,(H,22,23)/p-1/b7-6+. The Morgan fingerprint density at radius 3 is 2.64 bits per heavy atom. The number of carbonyl (C=O) groups is 2. The van der Waals surface area contributed by atoms with Gasteiger partial charge in [-0.15, -0.1) is 0 Å². The van der Waals surface area contributed by atoms with E-state index in [1.165, 1.54) is 32.4 Å². The number of carboxylic acid groups (broad SMARTS) is 1. The van der Waals surface area contributed by atoms with E-state index in [0.717, 1.165) is 12.5 Å². The third-order valence-corrected chi connectivity index (χ3v) is 5.70. The second-order valence-corrected chi connectivity index (χ2v) is 7.88. The van der Waals surface area contributed by atoms with Gasteiger partial charge in [0.05, 0.1) is 20.2 Å². The van der Waals surface area contributed by atoms with Crippen molar-refractivity contribution in [2.75, 3.05) is 33.9 Å². The van der Waals surface area contributed by atoms with Crippen molar-refractivity contribution in [3.63, 3.8) is 0 Å². The van der Waals surface area contributed by atoms with Crippen molar-refractivity contribution < 1.29 is 32.6 Å². The van der Waals surface area contributed by atoms with E-state index in [4.69, 9.17) is 9.47 Å². The summed E-state index contributed by atoms with van der Waals surface area (Å²) in [5.74, 6) is -1.17. The highest BCUT2D eigenvalue weighted by atomic mass is 32.2. The zero-order chi connectivity index (χ0) is 20.7. The molecule has 0 spiro atoms. The molecular weight excluding hydrogens is 388 g/mol. The van der Waals surface area contributed by atoms with Gasteiger partial charge in [0, 0.05) is 26.1 Å². The first kappa shape index (κ1) is 21.7. The van der Waals surface area contributed by atoms with Crippen molar-refractivity contribution in [2.45, 2.75) is 24.2 Å². The van der Waals surface area contributed by atoms with Gasteiger partial charge in [-0.3, -0.25) is 4.79 Å². The van der Waals surface area contributed by atoms with Gasteiger partial charge in [-0.25, -0.2) is 13.1 Å². The van der Waals surface area contributed by atoms with Gasteiger partial charge >= 0.3 is 0 Å². The first-order valence-electron chi connectivity index (χ1n) is 8.71. The monoisotopic (exact) mass is 411 g/mol. The fourth-order valence-electron chi connectivity index (χ4n) is 2.90. The molecule has 1 aliphatic rings. The van der Waals surface area contributed by atoms with E-state index >= 15 is 0 Å². The lowest BCUT2D eigenvalue weighted by Gasteiger charge is -2.17. The first-order valence-corrected chi connectivity index (χ1v) is 10.2. The summed E-state index contributed by atoms with van der Waals surface area (Å²) in [6, 6.07) is 2.74. The second-order valence-electron chi connectivity index (χ2n) is 6.14. The summed E-state index contributed by atoms with van der Waals surface area (Å²) in [5, 5.41) is 10.6. The van der Waals surface area contributed by atoms with Gasteiger partial charge in [-0.05, 0) is 36.6 Å². The van der Waals surface area contributed by atoms with Gasteiger partial charge in [-0.2, -0.15) is 0 Å². The van der Waals surface area contributed by atoms with Crippen molar-refractivity contribution >= 4 is 28.0 Å². The minimum Gasteiger partial charge on any atom is -0.545 e. The molecule has 1 fully saturated rings. The Bertz CT molecular complexity index is 865. The van der Waals surface area contributed by atoms with E-state index in [1.54, 1.807) is 4.90 Å². The molecule has 1 saturated heterocycles. The number of nitrogens with one attached hydrogen (secondary N) is 1. The van der Waals surface area contributed by atoms with Gasteiger partial charge in [0.2, 0.25) is 15.9 Å². The van der Waals surface area contributed by atoms with Crippen molar-refractivity contribution in [1.82, 2.24) is 9.62 Å². The third-order valence-electron chi connectivity index (χ3n) is 4.24. The number of benzene rings is 1. The lowest BCUT2D eigenvalue weighted by Crippen LogP contribution is -2.31. The number of hydrogen-bond donors (Lipinski definition) is 1. The molecule has 1 heterocycles. The van der Waals surface area contributed by atoms with E-state index in [0.29, 0.717) is 31.5 Å². The van der Waals surface area contributed by atoms with Crippen LogP contribution < -0.4 is 19.3 Å². The summed E-state index contributed by atoms with van der Waals surface area (Å²) in [5.41, 5.74) is 0.296. The molecule has 1 aromatic carbocycles. The lowest BCUT2D eigenvalue weighted by molar-refractivity contribution is -0.297. The molecule has 0 unspecified atom stereocenters. The predicted octanol–water partition coefficient (Wildman–Crippen LogP) is -0.242. The Morgan fingerprint density at radius 2 is 2.07 bits per heavy atom. The first-order chi connectivity index (χ1) is 13.3. The van der Waals surface area contributed by atoms with Crippen LogP contribution in [-0.2, 0) is 19.6 Å². The molecular formula is C18H23N2O7S-. The normalized spacial score (nSPS) is 14.6. The van der Waals surface area contributed by atoms with Crippen molar-refractivity contribution in [3.8, 4) is 11.5 Å². The number of hydrogen-bond acceptors (Lipinski definition) is 7. The van der Waals surface area contributed by atoms with Crippen LogP contribution in [0.3, 0.4) is 0 Å². The van der Waals surface area contributed by atoms with E-state index in [-0.39, 0.29) is 28.8 Å². The summed E-state index contributed by atoms with van der Waals surface area (Å²) in [6.45, 7) is 1.32. The molecule has 0 aromatic heterocycles. The molecule has 1 N–H and O–H groups in total. The smallest absolute Gasteiger partial charge is 0.244 e. The summed E-state index contributed by atoms with van der Waals surface area (Å²) >= 11 is 0. The summed E-state index contributed by atoms with van der Waals surface area (Å²) in [7, 11) is -1.30. The van der Waals surface area contributed by atoms with Crippen molar-refractivity contribution in [3.05, 3.63) is 23.8 Å². The Morgan fingerprint density at radius 1 is 1.32 bits per heavy atom. The highest BCUT2D eigenvalue weighted by Crippen LogP contribution is 2.36. The zero-order valence-corrected chi connectivity index (χ0v) is 16.6. The van der Waals surface area contributed by atoms with Crippen LogP contribution in [0.2, 0.25) is 0 Å². The van der Waals surface area contributed by atoms with E-state index in [2.05, 4.69) is 4.72 Å². The number of nitrogens with zero attached hydrogens (tertiary/aromatic N) is 1. The van der Waals surface area contributed by atoms with E-state index in [9.17, 15) is 23.1 Å². The molecule has 0 saturated carbocycles. The molecule has 10 heteroatoms. The van der Waals surface area contributed by atoms with Crippen LogP contribution in [0.25, 0.3) is 6.08 Å². The summed E-state index contributed by atoms with van der Waals surface area (Å²) in [6.07, 6.45) is 3.82. The number of carbonyl (C=O) groups excluding carboxylic acids is 2. The summed E-state index contributed by atoms with van der Waals surface area (Å²) in [4.78, 5) is 23.8. The molecule has 2 rings (SSSR count). The molecule has 1 amide bonds. The maximum Gasteiger partial charge on any atom is 0.244 e. The average molecular weight is 411 g/mol. The fourth-order valence-corrected chi connectivity index (χ4v) is 4.19. The maximum absolute atomic E-state index is 12.8. The van der Waals surface area contributed by atoms with E-state index in [1.807, 2.05) is 0 Å². The highest BCUT2D eigenvalue weighted by molar-refractivity contribution is 7.89. The highest BCUT2D eigenvalue weighted by Gasteiger charge is 2.24. The van der Waals surface area contributed by atoms with Crippen LogP contribution in [0, 0.1) is 0 Å². The van der Waals surface area contributed by atoms with E-state index < -0.39 is 16.0 Å². The summed E-state index contributed by atoms with van der Waals surface area (Å²) < 4.78 is 38.3. The molecule has 1 aromatic rings. The molecule has 0 aliphatic carbocycles. The van der Waals surface area contributed by atoms with Gasteiger partial charge in [0.1, 0.15) is 4.90 Å². The van der Waals surface area contributed by atoms with Crippen LogP contribution >= 0.6 is 0 Å². The quantitative estimate of drug-likeness (QED) is 0.416. The number of aliphatic carboxylic acids is 1. The van der Waals surface area contributed by atoms with Crippen LogP contribution in [0.4, 0.5) is 0 Å². The lowest BCUT2D eigenvalue weighted by atomic mass is 10.2. The minimum absolute atomic E-state index is 0.00956. The van der Waals surface area contributed by atoms with Crippen molar-refractivity contribution in [1.29, 1.82) is 0 Å². The van der Waals surface area contributed by atoms with Gasteiger partial charge in [0.15, 0.2) is 11.5 Å². The number of methoxy groups -OCH3 is 2. The molecule has 154 valence electrons. The molecule has 0 bridgehead atoms. The Kier molecular flexibility index (Phi) is 7.41. The average Bonchev–Trinajstić information content (AvgIpc) is 3.07. The Labute approximate surface area is 164 Å². The van der Waals surface area contributed by atoms with Crippen LogP contribution in [0.5, 0.6) is 11.5 Å². The zero-order valence-electron chi connectivity index (χ0n) is 15.8. The van der Waals surface area contributed by atoms with Gasteiger partial charge in [-0.1, -0.05) is 6.08 Å². The van der Waals surface area contributed by atoms with Gasteiger partial charge in [0.25, 0.3) is 0 Å². The van der Waals surface area contributed by atoms with Crippen LogP contribution in [-0.4, -0.2) is 59.0 Å². The van der Waals surface area contributed by atoms with Crippen molar-refractivity contribution in [2.24, 2.45) is 0 Å². The number of ether oxygens (including phenoxy) is 2. The number of carboxylic acids is 1. The SMILES string of the molecule is COc1cc(/C=C/C(=O)[O-])cc(S(=O)(=O)NCCCN2CCCC2=O)c1OC. The number of sulfonamides is 1. The largest absolute Gasteiger partial charge is 0.545 e. The number of likely N-dealkylation sites (tertiary alicyclic amines) is 1. The molecule has 0 atom stereocenters. The number of amides is 1. The van der Waals surface area contributed by atoms with Crippen LogP contribution in [0.15, 0.2) is 23.1 Å². The Hall–Kier alpha value is -2.59. The molecule has 1 aliphatic heterocycles. The van der Waals surface area contributed by atoms with Crippen LogP contribution in [0.1, 0.15) is 24.8 Å². The maximum atomic E-state index is 12.8. The number of rotatable bonds is 10. The molecule has 28 heavy (non-hydrogen) atoms. The second kappa shape index (κ2) is 9.56. The minimum atomic E-state index is -3.96. The van der Waals surface area contributed by atoms with Gasteiger partial charge < -0.3 is 24.3 Å². The molecule has 9 nitrogen and oxygen atoms in total. The predicted molar refractivity (Wildman–Crippen MR) is 99.2 cm³/mol. The third kappa shape index (κ3) is 5.46. The Balaban J connectivity index is 2.18. The molecule has 0 radical (unpaired) electrons.